The molecular weight excluding hydrogens is 564 g/mol. The maximum absolute atomic E-state index is 14.0. The zero-order chi connectivity index (χ0) is 29.8. The number of anilines is 1. The van der Waals surface area contributed by atoms with Gasteiger partial charge in [0, 0.05) is 40.7 Å². The van der Waals surface area contributed by atoms with Gasteiger partial charge in [-0.25, -0.2) is 8.42 Å². The molecule has 0 spiro atoms. The number of fused-ring (bicyclic) bond motifs is 1. The Labute approximate surface area is 238 Å². The van der Waals surface area contributed by atoms with E-state index in [1.807, 2.05) is 18.6 Å². The molecule has 1 N–H and O–H groups in total. The Balaban J connectivity index is 2.20. The molecule has 1 heterocycles. The van der Waals surface area contributed by atoms with Crippen molar-refractivity contribution in [2.45, 2.75) is 39.4 Å². The molecule has 2 aromatic rings. The molecule has 3 rings (SSSR count). The molecule has 218 valence electrons. The minimum Gasteiger partial charge on any atom is -0.493 e. The Morgan fingerprint density at radius 2 is 1.82 bits per heavy atom. The van der Waals surface area contributed by atoms with Gasteiger partial charge in [0.05, 0.1) is 33.5 Å². The molecule has 0 unspecified atom stereocenters. The Morgan fingerprint density at radius 1 is 1.12 bits per heavy atom. The summed E-state index contributed by atoms with van der Waals surface area (Å²) in [6.07, 6.45) is -2.12. The van der Waals surface area contributed by atoms with E-state index in [0.29, 0.717) is 33.3 Å². The summed E-state index contributed by atoms with van der Waals surface area (Å²) in [5, 5.41) is 0.369. The van der Waals surface area contributed by atoms with E-state index >= 15 is 0 Å². The van der Waals surface area contributed by atoms with Gasteiger partial charge in [0.25, 0.3) is 5.91 Å². The van der Waals surface area contributed by atoms with E-state index in [0.717, 1.165) is 6.26 Å². The predicted octanol–water partition coefficient (Wildman–Crippen LogP) is 3.23. The first-order valence-electron chi connectivity index (χ1n) is 12.3. The third-order valence-corrected chi connectivity index (χ3v) is 6.88. The van der Waals surface area contributed by atoms with Gasteiger partial charge in [-0.3, -0.25) is 19.1 Å². The number of hydrogen-bond donors (Lipinski definition) is 1. The number of methoxy groups -OCH3 is 2. The van der Waals surface area contributed by atoms with Crippen LogP contribution in [0.1, 0.15) is 44.4 Å². The summed E-state index contributed by atoms with van der Waals surface area (Å²) in [6.45, 7) is 5.02. The maximum Gasteiger partial charge on any atom is 0.302 e. The molecule has 0 fully saturated rings. The number of para-hydroxylation sites is 1. The minimum atomic E-state index is -3.89. The van der Waals surface area contributed by atoms with E-state index in [1.54, 1.807) is 36.4 Å². The second-order valence-electron chi connectivity index (χ2n) is 10.2. The SMILES string of the molecule is COc1cccc([C@H]2O[C@H](CC(=O)NS(C)(=O)=O)C(=O)N(CC(C)(C)COC(C)=O)c3ccc(Cl)cc32)c1OC. The number of carbonyl (C=O) groups is 3. The van der Waals surface area contributed by atoms with Crippen LogP contribution in [0, 0.1) is 5.41 Å². The zero-order valence-electron chi connectivity index (χ0n) is 23.1. The average molecular weight is 597 g/mol. The minimum absolute atomic E-state index is 0.0161. The molecule has 0 radical (unpaired) electrons. The van der Waals surface area contributed by atoms with Gasteiger partial charge in [0.2, 0.25) is 15.9 Å². The summed E-state index contributed by atoms with van der Waals surface area (Å²) >= 11 is 6.41. The number of esters is 1. The molecule has 2 amide bonds. The van der Waals surface area contributed by atoms with Crippen molar-refractivity contribution in [3.05, 3.63) is 52.5 Å². The molecule has 0 bridgehead atoms. The van der Waals surface area contributed by atoms with E-state index in [1.165, 1.54) is 26.0 Å². The number of nitrogens with one attached hydrogen (secondary N) is 1. The van der Waals surface area contributed by atoms with Gasteiger partial charge in [0.15, 0.2) is 11.5 Å². The van der Waals surface area contributed by atoms with Crippen LogP contribution in [0.25, 0.3) is 0 Å². The third kappa shape index (κ3) is 7.64. The van der Waals surface area contributed by atoms with Crippen LogP contribution in [0.15, 0.2) is 36.4 Å². The Hall–Kier alpha value is -3.35. The monoisotopic (exact) mass is 596 g/mol. The number of amides is 2. The van der Waals surface area contributed by atoms with Crippen molar-refractivity contribution in [3.63, 3.8) is 0 Å². The molecule has 11 nitrogen and oxygen atoms in total. The van der Waals surface area contributed by atoms with Crippen molar-refractivity contribution in [1.29, 1.82) is 0 Å². The molecule has 0 saturated heterocycles. The van der Waals surface area contributed by atoms with Crippen LogP contribution >= 0.6 is 11.6 Å². The molecule has 0 aliphatic carbocycles. The highest BCUT2D eigenvalue weighted by Gasteiger charge is 2.41. The Bertz CT molecular complexity index is 1390. The van der Waals surface area contributed by atoms with Crippen LogP contribution in [0.4, 0.5) is 5.69 Å². The van der Waals surface area contributed by atoms with Crippen molar-refractivity contribution in [1.82, 2.24) is 4.72 Å². The van der Waals surface area contributed by atoms with Gasteiger partial charge in [-0.15, -0.1) is 0 Å². The first kappa shape index (κ1) is 31.2. The quantitative estimate of drug-likeness (QED) is 0.410. The summed E-state index contributed by atoms with van der Waals surface area (Å²) in [7, 11) is -0.943. The van der Waals surface area contributed by atoms with Gasteiger partial charge < -0.3 is 23.8 Å². The number of halogens is 1. The summed E-state index contributed by atoms with van der Waals surface area (Å²) in [5.74, 6) is -1.22. The normalized spacial score (nSPS) is 17.5. The van der Waals surface area contributed by atoms with E-state index in [9.17, 15) is 22.8 Å². The number of nitrogens with zero attached hydrogens (tertiary/aromatic N) is 1. The highest BCUT2D eigenvalue weighted by Crippen LogP contribution is 2.45. The largest absolute Gasteiger partial charge is 0.493 e. The first-order chi connectivity index (χ1) is 18.7. The summed E-state index contributed by atoms with van der Waals surface area (Å²) < 4.78 is 48.0. The van der Waals surface area contributed by atoms with Gasteiger partial charge in [-0.2, -0.15) is 0 Å². The lowest BCUT2D eigenvalue weighted by molar-refractivity contribution is -0.144. The number of benzene rings is 2. The van der Waals surface area contributed by atoms with Gasteiger partial charge in [0.1, 0.15) is 12.2 Å². The number of hydrogen-bond acceptors (Lipinski definition) is 9. The highest BCUT2D eigenvalue weighted by molar-refractivity contribution is 7.89. The number of carbonyl (C=O) groups excluding carboxylic acids is 3. The van der Waals surface area contributed by atoms with Crippen molar-refractivity contribution in [2.75, 3.05) is 38.5 Å². The van der Waals surface area contributed by atoms with Crippen LogP contribution in [0.2, 0.25) is 5.02 Å². The summed E-state index contributed by atoms with van der Waals surface area (Å²) in [6, 6.07) is 10.1. The van der Waals surface area contributed by atoms with Crippen molar-refractivity contribution >= 4 is 45.1 Å². The van der Waals surface area contributed by atoms with Crippen LogP contribution in [0.3, 0.4) is 0 Å². The molecular formula is C27H33ClN2O9S. The molecule has 13 heteroatoms. The van der Waals surface area contributed by atoms with E-state index in [-0.39, 0.29) is 13.2 Å². The molecule has 1 aliphatic heterocycles. The smallest absolute Gasteiger partial charge is 0.302 e. The van der Waals surface area contributed by atoms with Gasteiger partial charge >= 0.3 is 5.97 Å². The van der Waals surface area contributed by atoms with Crippen LogP contribution < -0.4 is 19.1 Å². The van der Waals surface area contributed by atoms with Crippen molar-refractivity contribution in [3.8, 4) is 11.5 Å². The van der Waals surface area contributed by atoms with Crippen molar-refractivity contribution in [2.24, 2.45) is 5.41 Å². The summed E-state index contributed by atoms with van der Waals surface area (Å²) in [4.78, 5) is 39.7. The topological polar surface area (TPSA) is 138 Å². The molecule has 0 saturated carbocycles. The van der Waals surface area contributed by atoms with Crippen LogP contribution in [-0.2, 0) is 33.9 Å². The molecule has 1 aliphatic rings. The second-order valence-corrected chi connectivity index (χ2v) is 12.3. The first-order valence-corrected chi connectivity index (χ1v) is 14.5. The lowest BCUT2D eigenvalue weighted by Crippen LogP contribution is -2.47. The third-order valence-electron chi connectivity index (χ3n) is 6.04. The van der Waals surface area contributed by atoms with E-state index in [2.05, 4.69) is 0 Å². The maximum atomic E-state index is 14.0. The fourth-order valence-corrected chi connectivity index (χ4v) is 5.09. The van der Waals surface area contributed by atoms with Gasteiger partial charge in [-0.1, -0.05) is 37.6 Å². The molecule has 2 aromatic carbocycles. The number of rotatable bonds is 10. The standard InChI is InChI=1S/C27H33ClN2O9S/c1-16(31)38-15-27(2,3)14-30-20-11-10-17(28)12-19(20)24(18-8-7-9-21(36-4)25(18)37-5)39-22(26(30)33)13-23(32)29-40(6,34)35/h7-12,22,24H,13-15H2,1-6H3,(H,29,32)/t22-,24-/m1/s1. The fraction of sp³-hybridized carbons (Fsp3) is 0.444. The predicted molar refractivity (Wildman–Crippen MR) is 148 cm³/mol. The second kappa shape index (κ2) is 12.4. The van der Waals surface area contributed by atoms with E-state index < -0.39 is 51.9 Å². The average Bonchev–Trinajstić information content (AvgIpc) is 2.96. The number of sulfonamides is 1. The lowest BCUT2D eigenvalue weighted by Gasteiger charge is -2.33. The zero-order valence-corrected chi connectivity index (χ0v) is 24.7. The molecule has 40 heavy (non-hydrogen) atoms. The Kier molecular flexibility index (Phi) is 9.70. The van der Waals surface area contributed by atoms with E-state index in [4.69, 9.17) is 30.5 Å². The lowest BCUT2D eigenvalue weighted by atomic mass is 9.92. The van der Waals surface area contributed by atoms with Crippen LogP contribution in [-0.4, -0.2) is 65.9 Å². The highest BCUT2D eigenvalue weighted by atomic mass is 35.5. The fourth-order valence-electron chi connectivity index (χ4n) is 4.41. The van der Waals surface area contributed by atoms with Crippen molar-refractivity contribution < 1.29 is 41.7 Å². The molecule has 0 aromatic heterocycles. The summed E-state index contributed by atoms with van der Waals surface area (Å²) in [5.41, 5.74) is 0.728. The Morgan fingerprint density at radius 3 is 2.42 bits per heavy atom. The van der Waals surface area contributed by atoms with Crippen LogP contribution in [0.5, 0.6) is 11.5 Å². The number of ether oxygens (including phenoxy) is 4. The molecule has 2 atom stereocenters. The van der Waals surface area contributed by atoms with Gasteiger partial charge in [-0.05, 0) is 24.3 Å².